The maximum Gasteiger partial charge on any atom is 0.258 e. The number of amides is 1. The minimum absolute atomic E-state index is 0.0562. The number of hydrogen-bond acceptors (Lipinski definition) is 3. The number of hydrogen-bond donors (Lipinski definition) is 1. The van der Waals surface area contributed by atoms with E-state index in [1.165, 1.54) is 42.7 Å². The van der Waals surface area contributed by atoms with E-state index in [9.17, 15) is 13.6 Å². The molecule has 0 bridgehead atoms. The van der Waals surface area contributed by atoms with Crippen LogP contribution in [0.25, 0.3) is 22.0 Å². The molecule has 4 aromatic rings. The van der Waals surface area contributed by atoms with Gasteiger partial charge in [-0.3, -0.25) is 14.7 Å². The van der Waals surface area contributed by atoms with Gasteiger partial charge >= 0.3 is 0 Å². The average molecular weight is 458 g/mol. The normalized spacial score (nSPS) is 14.0. The largest absolute Gasteiger partial charge is 0.322 e. The topological polar surface area (TPSA) is 45.2 Å². The standard InChI is InChI=1S/C28H25F2N3O/c1-18-26(11-7-22-14-19(16-31-27(18)22)17-33-12-2-3-13-33)32-28(34)24-10-6-21(15-25(24)30)20-4-8-23(29)9-5-20/h4-11,14-16H,2-3,12-13,17H2,1H3,(H,32,34). The molecule has 1 aliphatic heterocycles. The highest BCUT2D eigenvalue weighted by atomic mass is 19.1. The lowest BCUT2D eigenvalue weighted by Crippen LogP contribution is -2.18. The number of anilines is 1. The van der Waals surface area contributed by atoms with Crippen molar-refractivity contribution in [1.29, 1.82) is 0 Å². The van der Waals surface area contributed by atoms with Crippen molar-refractivity contribution in [3.05, 3.63) is 95.2 Å². The first-order valence-corrected chi connectivity index (χ1v) is 11.5. The lowest BCUT2D eigenvalue weighted by Gasteiger charge is -2.15. The molecule has 0 spiro atoms. The molecule has 34 heavy (non-hydrogen) atoms. The van der Waals surface area contributed by atoms with Crippen LogP contribution in [0.15, 0.2) is 66.9 Å². The van der Waals surface area contributed by atoms with E-state index in [1.54, 1.807) is 18.2 Å². The molecule has 1 aliphatic rings. The summed E-state index contributed by atoms with van der Waals surface area (Å²) in [6.07, 6.45) is 4.39. The number of carbonyl (C=O) groups excluding carboxylic acids is 1. The molecule has 1 aromatic heterocycles. The van der Waals surface area contributed by atoms with Crippen molar-refractivity contribution in [2.45, 2.75) is 26.3 Å². The van der Waals surface area contributed by atoms with Gasteiger partial charge in [-0.25, -0.2) is 8.78 Å². The minimum Gasteiger partial charge on any atom is -0.322 e. The smallest absolute Gasteiger partial charge is 0.258 e. The average Bonchev–Trinajstić information content (AvgIpc) is 3.34. The quantitative estimate of drug-likeness (QED) is 0.381. The summed E-state index contributed by atoms with van der Waals surface area (Å²) in [5.74, 6) is -1.53. The van der Waals surface area contributed by atoms with Crippen molar-refractivity contribution < 1.29 is 13.6 Å². The summed E-state index contributed by atoms with van der Waals surface area (Å²) in [5, 5.41) is 3.84. The van der Waals surface area contributed by atoms with Crippen LogP contribution in [0.1, 0.15) is 34.3 Å². The van der Waals surface area contributed by atoms with E-state index in [4.69, 9.17) is 0 Å². The van der Waals surface area contributed by atoms with Gasteiger partial charge in [-0.15, -0.1) is 0 Å². The Hall–Kier alpha value is -3.64. The highest BCUT2D eigenvalue weighted by molar-refractivity contribution is 6.06. The molecule has 172 valence electrons. The fourth-order valence-electron chi connectivity index (χ4n) is 4.53. The van der Waals surface area contributed by atoms with Crippen LogP contribution in [0.4, 0.5) is 14.5 Å². The minimum atomic E-state index is -0.637. The van der Waals surface area contributed by atoms with Crippen LogP contribution in [-0.4, -0.2) is 28.9 Å². The lowest BCUT2D eigenvalue weighted by atomic mass is 10.0. The number of rotatable bonds is 5. The number of carbonyl (C=O) groups is 1. The number of aromatic nitrogens is 1. The fraction of sp³-hybridized carbons (Fsp3) is 0.214. The van der Waals surface area contributed by atoms with Crippen molar-refractivity contribution in [3.63, 3.8) is 0 Å². The van der Waals surface area contributed by atoms with E-state index in [0.717, 1.165) is 36.1 Å². The van der Waals surface area contributed by atoms with Crippen molar-refractivity contribution in [1.82, 2.24) is 9.88 Å². The number of pyridine rings is 1. The number of nitrogens with zero attached hydrogens (tertiary/aromatic N) is 2. The number of halogens is 2. The molecule has 4 nitrogen and oxygen atoms in total. The molecule has 0 radical (unpaired) electrons. The summed E-state index contributed by atoms with van der Waals surface area (Å²) in [5.41, 5.74) is 4.61. The summed E-state index contributed by atoms with van der Waals surface area (Å²) < 4.78 is 27.9. The Labute approximate surface area is 197 Å². The second-order valence-electron chi connectivity index (χ2n) is 8.79. The second-order valence-corrected chi connectivity index (χ2v) is 8.79. The summed E-state index contributed by atoms with van der Waals surface area (Å²) in [6.45, 7) is 5.06. The van der Waals surface area contributed by atoms with Gasteiger partial charge in [0.25, 0.3) is 5.91 Å². The molecule has 1 saturated heterocycles. The van der Waals surface area contributed by atoms with Crippen molar-refractivity contribution in [2.75, 3.05) is 18.4 Å². The first kappa shape index (κ1) is 22.2. The van der Waals surface area contributed by atoms with Crippen molar-refractivity contribution in [2.24, 2.45) is 0 Å². The Morgan fingerprint density at radius 2 is 1.71 bits per heavy atom. The van der Waals surface area contributed by atoms with Crippen LogP contribution in [0, 0.1) is 18.6 Å². The van der Waals surface area contributed by atoms with Gasteiger partial charge in [-0.2, -0.15) is 0 Å². The summed E-state index contributed by atoms with van der Waals surface area (Å²) in [6, 6.07) is 16.1. The summed E-state index contributed by atoms with van der Waals surface area (Å²) in [4.78, 5) is 19.9. The number of likely N-dealkylation sites (tertiary alicyclic amines) is 1. The highest BCUT2D eigenvalue weighted by Gasteiger charge is 2.16. The molecule has 1 N–H and O–H groups in total. The van der Waals surface area contributed by atoms with Crippen LogP contribution in [0.2, 0.25) is 0 Å². The Balaban J connectivity index is 1.35. The SMILES string of the molecule is Cc1c(NC(=O)c2ccc(-c3ccc(F)cc3)cc2F)ccc2cc(CN3CCCC3)cnc12. The Kier molecular flexibility index (Phi) is 6.07. The zero-order valence-corrected chi connectivity index (χ0v) is 18.9. The predicted octanol–water partition coefficient (Wildman–Crippen LogP) is 6.34. The third-order valence-corrected chi connectivity index (χ3v) is 6.41. The third kappa shape index (κ3) is 4.54. The van der Waals surface area contributed by atoms with Gasteiger partial charge in [0.05, 0.1) is 11.1 Å². The predicted molar refractivity (Wildman–Crippen MR) is 131 cm³/mol. The molecule has 0 unspecified atom stereocenters. The molecule has 2 heterocycles. The van der Waals surface area contributed by atoms with Gasteiger partial charge in [-0.05, 0) is 91.5 Å². The molecular formula is C28H25F2N3O. The van der Waals surface area contributed by atoms with Crippen molar-refractivity contribution >= 4 is 22.5 Å². The molecule has 3 aromatic carbocycles. The number of nitrogens with one attached hydrogen (secondary N) is 1. The highest BCUT2D eigenvalue weighted by Crippen LogP contribution is 2.27. The van der Waals surface area contributed by atoms with Crippen LogP contribution in [0.3, 0.4) is 0 Å². The van der Waals surface area contributed by atoms with Gasteiger partial charge in [-0.1, -0.05) is 24.3 Å². The molecule has 6 heteroatoms. The molecule has 0 saturated carbocycles. The van der Waals surface area contributed by atoms with E-state index >= 15 is 0 Å². The molecule has 0 atom stereocenters. The van der Waals surface area contributed by atoms with E-state index < -0.39 is 11.7 Å². The second kappa shape index (κ2) is 9.31. The van der Waals surface area contributed by atoms with Crippen LogP contribution < -0.4 is 5.32 Å². The number of aryl methyl sites for hydroxylation is 1. The van der Waals surface area contributed by atoms with E-state index in [-0.39, 0.29) is 11.4 Å². The zero-order chi connectivity index (χ0) is 23.7. The van der Waals surface area contributed by atoms with E-state index in [1.807, 2.05) is 25.3 Å². The molecule has 0 aliphatic carbocycles. The fourth-order valence-corrected chi connectivity index (χ4v) is 4.53. The van der Waals surface area contributed by atoms with Crippen LogP contribution >= 0.6 is 0 Å². The van der Waals surface area contributed by atoms with E-state index in [0.29, 0.717) is 16.8 Å². The monoisotopic (exact) mass is 457 g/mol. The maximum absolute atomic E-state index is 14.8. The molecule has 1 amide bonds. The number of benzene rings is 3. The zero-order valence-electron chi connectivity index (χ0n) is 18.9. The lowest BCUT2D eigenvalue weighted by molar-refractivity contribution is 0.102. The third-order valence-electron chi connectivity index (χ3n) is 6.41. The van der Waals surface area contributed by atoms with Crippen LogP contribution in [-0.2, 0) is 6.54 Å². The number of fused-ring (bicyclic) bond motifs is 1. The molecule has 1 fully saturated rings. The first-order chi connectivity index (χ1) is 16.5. The van der Waals surface area contributed by atoms with Gasteiger partial charge in [0, 0.05) is 23.8 Å². The van der Waals surface area contributed by atoms with Gasteiger partial charge in [0.15, 0.2) is 0 Å². The summed E-state index contributed by atoms with van der Waals surface area (Å²) >= 11 is 0. The first-order valence-electron chi connectivity index (χ1n) is 11.5. The van der Waals surface area contributed by atoms with Gasteiger partial charge in [0.1, 0.15) is 11.6 Å². The molecular weight excluding hydrogens is 432 g/mol. The Bertz CT molecular complexity index is 1360. The van der Waals surface area contributed by atoms with Gasteiger partial charge < -0.3 is 5.32 Å². The maximum atomic E-state index is 14.8. The summed E-state index contributed by atoms with van der Waals surface area (Å²) in [7, 11) is 0. The Morgan fingerprint density at radius 1 is 0.971 bits per heavy atom. The van der Waals surface area contributed by atoms with Crippen LogP contribution in [0.5, 0.6) is 0 Å². The van der Waals surface area contributed by atoms with Gasteiger partial charge in [0.2, 0.25) is 0 Å². The van der Waals surface area contributed by atoms with Crippen molar-refractivity contribution in [3.8, 4) is 11.1 Å². The van der Waals surface area contributed by atoms with E-state index in [2.05, 4.69) is 21.3 Å². The molecule has 5 rings (SSSR count). The Morgan fingerprint density at radius 3 is 2.44 bits per heavy atom.